The van der Waals surface area contributed by atoms with Crippen LogP contribution < -0.4 is 5.32 Å². The van der Waals surface area contributed by atoms with Gasteiger partial charge >= 0.3 is 6.09 Å². The van der Waals surface area contributed by atoms with Crippen molar-refractivity contribution in [3.05, 3.63) is 0 Å². The molecule has 0 aromatic heterocycles. The number of fused-ring (bicyclic) bond motifs is 1. The molecule has 1 atom stereocenters. The Labute approximate surface area is 174 Å². The van der Waals surface area contributed by atoms with Crippen LogP contribution in [0.25, 0.3) is 0 Å². The molecule has 0 saturated carbocycles. The molecule has 2 saturated heterocycles. The van der Waals surface area contributed by atoms with Gasteiger partial charge in [-0.3, -0.25) is 4.99 Å². The van der Waals surface area contributed by atoms with Crippen LogP contribution in [0.15, 0.2) is 4.99 Å². The average Bonchev–Trinajstić information content (AvgIpc) is 2.97. The van der Waals surface area contributed by atoms with Crippen molar-refractivity contribution in [1.29, 1.82) is 0 Å². The highest BCUT2D eigenvalue weighted by Gasteiger charge is 2.36. The minimum Gasteiger partial charge on any atom is -0.444 e. The number of aliphatic imine (C=N–C) groups is 1. The molecule has 0 radical (unpaired) electrons. The van der Waals surface area contributed by atoms with Gasteiger partial charge in [0.15, 0.2) is 5.96 Å². The third kappa shape index (κ3) is 5.87. The molecule has 7 nitrogen and oxygen atoms in total. The van der Waals surface area contributed by atoms with Gasteiger partial charge in [0.2, 0.25) is 0 Å². The first-order chi connectivity index (χ1) is 11.9. The molecule has 3 heterocycles. The van der Waals surface area contributed by atoms with Crippen molar-refractivity contribution in [1.82, 2.24) is 20.0 Å². The van der Waals surface area contributed by atoms with Crippen molar-refractivity contribution in [2.24, 2.45) is 4.99 Å². The van der Waals surface area contributed by atoms with E-state index in [1.807, 2.05) is 25.7 Å². The first-order valence-electron chi connectivity index (χ1n) is 9.68. The second-order valence-corrected chi connectivity index (χ2v) is 8.27. The van der Waals surface area contributed by atoms with E-state index in [2.05, 4.69) is 20.1 Å². The number of hydrogen-bond donors (Lipinski definition) is 1. The Balaban J connectivity index is 0.00000243. The zero-order valence-electron chi connectivity index (χ0n) is 16.4. The normalized spacial score (nSPS) is 23.8. The fourth-order valence-corrected chi connectivity index (χ4v) is 3.73. The maximum atomic E-state index is 12.3. The van der Waals surface area contributed by atoms with Crippen LogP contribution in [0, 0.1) is 0 Å². The van der Waals surface area contributed by atoms with Crippen molar-refractivity contribution < 1.29 is 9.53 Å². The Hall–Kier alpha value is -0.770. The van der Waals surface area contributed by atoms with E-state index in [1.54, 1.807) is 0 Å². The van der Waals surface area contributed by atoms with Gasteiger partial charge < -0.3 is 24.8 Å². The first-order valence-corrected chi connectivity index (χ1v) is 9.68. The van der Waals surface area contributed by atoms with Gasteiger partial charge in [0, 0.05) is 32.7 Å². The predicted octanol–water partition coefficient (Wildman–Crippen LogP) is 1.97. The van der Waals surface area contributed by atoms with E-state index < -0.39 is 5.60 Å². The average molecular weight is 479 g/mol. The molecule has 1 amide bonds. The zero-order chi connectivity index (χ0) is 17.9. The Morgan fingerprint density at radius 3 is 2.62 bits per heavy atom. The molecule has 8 heteroatoms. The predicted molar refractivity (Wildman–Crippen MR) is 114 cm³/mol. The van der Waals surface area contributed by atoms with Crippen molar-refractivity contribution >= 4 is 36.0 Å². The molecule has 0 aromatic rings. The second kappa shape index (κ2) is 9.43. The fourth-order valence-electron chi connectivity index (χ4n) is 3.73. The van der Waals surface area contributed by atoms with Crippen LogP contribution in [-0.4, -0.2) is 90.8 Å². The molecule has 2 fully saturated rings. The highest BCUT2D eigenvalue weighted by molar-refractivity contribution is 14.0. The van der Waals surface area contributed by atoms with Crippen molar-refractivity contribution in [2.75, 3.05) is 52.4 Å². The highest BCUT2D eigenvalue weighted by atomic mass is 127. The lowest BCUT2D eigenvalue weighted by Gasteiger charge is -2.39. The van der Waals surface area contributed by atoms with Crippen LogP contribution in [0.5, 0.6) is 0 Å². The SMILES string of the molecule is CC(C)(C)OC(=O)N1CCN2C(NCCN3CCCCC3)=NCC2C1.I. The monoisotopic (exact) mass is 479 g/mol. The molecule has 1 unspecified atom stereocenters. The number of hydrogen-bond acceptors (Lipinski definition) is 6. The summed E-state index contributed by atoms with van der Waals surface area (Å²) in [5.74, 6) is 1.01. The van der Waals surface area contributed by atoms with Gasteiger partial charge in [-0.25, -0.2) is 4.79 Å². The zero-order valence-corrected chi connectivity index (χ0v) is 18.7. The van der Waals surface area contributed by atoms with Crippen LogP contribution in [0.3, 0.4) is 0 Å². The molecule has 1 N–H and O–H groups in total. The Bertz CT molecular complexity index is 502. The number of amides is 1. The maximum Gasteiger partial charge on any atom is 0.410 e. The molecule has 3 aliphatic rings. The number of nitrogens with zero attached hydrogens (tertiary/aromatic N) is 4. The smallest absolute Gasteiger partial charge is 0.410 e. The van der Waals surface area contributed by atoms with Crippen LogP contribution in [0.4, 0.5) is 4.79 Å². The number of guanidine groups is 1. The van der Waals surface area contributed by atoms with E-state index in [4.69, 9.17) is 4.74 Å². The molecule has 0 spiro atoms. The van der Waals surface area contributed by atoms with Gasteiger partial charge in [-0.2, -0.15) is 0 Å². The van der Waals surface area contributed by atoms with Gasteiger partial charge in [0.1, 0.15) is 5.60 Å². The van der Waals surface area contributed by atoms with E-state index in [9.17, 15) is 4.79 Å². The lowest BCUT2D eigenvalue weighted by molar-refractivity contribution is 0.0137. The van der Waals surface area contributed by atoms with E-state index >= 15 is 0 Å². The van der Waals surface area contributed by atoms with E-state index in [-0.39, 0.29) is 36.1 Å². The lowest BCUT2D eigenvalue weighted by atomic mass is 10.1. The summed E-state index contributed by atoms with van der Waals surface area (Å²) >= 11 is 0. The quantitative estimate of drug-likeness (QED) is 0.628. The molecular weight excluding hydrogens is 445 g/mol. The maximum absolute atomic E-state index is 12.3. The fraction of sp³-hybridized carbons (Fsp3) is 0.889. The second-order valence-electron chi connectivity index (χ2n) is 8.27. The summed E-state index contributed by atoms with van der Waals surface area (Å²) in [5.41, 5.74) is -0.443. The van der Waals surface area contributed by atoms with Crippen molar-refractivity contribution in [2.45, 2.75) is 51.7 Å². The topological polar surface area (TPSA) is 60.4 Å². The van der Waals surface area contributed by atoms with E-state index in [0.29, 0.717) is 13.1 Å². The van der Waals surface area contributed by atoms with Crippen molar-refractivity contribution in [3.8, 4) is 0 Å². The Morgan fingerprint density at radius 2 is 1.92 bits per heavy atom. The number of piperazine rings is 1. The van der Waals surface area contributed by atoms with Gasteiger partial charge in [0.05, 0.1) is 12.6 Å². The first kappa shape index (κ1) is 21.5. The van der Waals surface area contributed by atoms with Gasteiger partial charge in [-0.15, -0.1) is 24.0 Å². The van der Waals surface area contributed by atoms with Crippen LogP contribution in [-0.2, 0) is 4.74 Å². The number of carbonyl (C=O) groups excluding carboxylic acids is 1. The van der Waals surface area contributed by atoms with E-state index in [1.165, 1.54) is 32.4 Å². The number of nitrogens with one attached hydrogen (secondary N) is 1. The molecule has 26 heavy (non-hydrogen) atoms. The van der Waals surface area contributed by atoms with Crippen LogP contribution >= 0.6 is 24.0 Å². The number of carbonyl (C=O) groups is 1. The number of ether oxygens (including phenoxy) is 1. The van der Waals surface area contributed by atoms with Crippen LogP contribution in [0.2, 0.25) is 0 Å². The Morgan fingerprint density at radius 1 is 1.19 bits per heavy atom. The van der Waals surface area contributed by atoms with Gasteiger partial charge in [0.25, 0.3) is 0 Å². The molecule has 0 aromatic carbocycles. The molecule has 3 aliphatic heterocycles. The minimum atomic E-state index is -0.443. The number of piperidine rings is 1. The summed E-state index contributed by atoms with van der Waals surface area (Å²) < 4.78 is 5.49. The molecule has 0 bridgehead atoms. The molecule has 150 valence electrons. The molecule has 3 rings (SSSR count). The van der Waals surface area contributed by atoms with Gasteiger partial charge in [-0.1, -0.05) is 6.42 Å². The molecular formula is C18H34IN5O2. The summed E-state index contributed by atoms with van der Waals surface area (Å²) in [7, 11) is 0. The summed E-state index contributed by atoms with van der Waals surface area (Å²) in [6, 6.07) is 0.277. The summed E-state index contributed by atoms with van der Waals surface area (Å²) in [4.78, 5) is 23.6. The number of halogens is 1. The van der Waals surface area contributed by atoms with Crippen LogP contribution in [0.1, 0.15) is 40.0 Å². The third-order valence-electron chi connectivity index (χ3n) is 5.02. The molecule has 0 aliphatic carbocycles. The number of likely N-dealkylation sites (tertiary alicyclic amines) is 1. The van der Waals surface area contributed by atoms with E-state index in [0.717, 1.165) is 32.1 Å². The minimum absolute atomic E-state index is 0. The summed E-state index contributed by atoms with van der Waals surface area (Å²) in [6.45, 7) is 13.2. The largest absolute Gasteiger partial charge is 0.444 e. The third-order valence-corrected chi connectivity index (χ3v) is 5.02. The van der Waals surface area contributed by atoms with Gasteiger partial charge in [-0.05, 0) is 46.7 Å². The Kier molecular flexibility index (Phi) is 7.81. The summed E-state index contributed by atoms with van der Waals surface area (Å²) in [5, 5.41) is 3.51. The van der Waals surface area contributed by atoms with Crippen molar-refractivity contribution in [3.63, 3.8) is 0 Å². The summed E-state index contributed by atoms with van der Waals surface area (Å²) in [6.07, 6.45) is 3.82. The lowest BCUT2D eigenvalue weighted by Crippen LogP contribution is -2.58. The number of rotatable bonds is 3. The standard InChI is InChI=1S/C18H33N5O2.HI/c1-18(2,3)25-17(24)22-11-12-23-15(14-22)13-20-16(23)19-7-10-21-8-5-4-6-9-21;/h15H,4-14H2,1-3H3,(H,19,20);1H. The highest BCUT2D eigenvalue weighted by Crippen LogP contribution is 2.18.